The first-order valence-corrected chi connectivity index (χ1v) is 11.5. The molecule has 0 spiro atoms. The minimum Gasteiger partial charge on any atom is -0.337 e. The van der Waals surface area contributed by atoms with Gasteiger partial charge >= 0.3 is 6.03 Å². The van der Waals surface area contributed by atoms with E-state index in [-0.39, 0.29) is 37.5 Å². The molecule has 4 amide bonds. The first-order chi connectivity index (χ1) is 16.5. The fourth-order valence-corrected chi connectivity index (χ4v) is 4.61. The number of hydrazine groups is 1. The zero-order valence-electron chi connectivity index (χ0n) is 19.3. The van der Waals surface area contributed by atoms with Gasteiger partial charge in [-0.15, -0.1) is 6.42 Å². The molecular weight excluding hydrogens is 430 g/mol. The predicted octanol–water partition coefficient (Wildman–Crippen LogP) is 1.69. The smallest absolute Gasteiger partial charge is 0.334 e. The third-order valence-corrected chi connectivity index (χ3v) is 6.25. The van der Waals surface area contributed by atoms with Gasteiger partial charge in [0.25, 0.3) is 0 Å². The molecule has 1 N–H and O–H groups in total. The van der Waals surface area contributed by atoms with E-state index in [0.717, 1.165) is 11.1 Å². The molecule has 2 saturated heterocycles. The number of nitrogens with zero attached hydrogens (tertiary/aromatic N) is 4. The third kappa shape index (κ3) is 4.75. The zero-order chi connectivity index (χ0) is 24.1. The van der Waals surface area contributed by atoms with Crippen LogP contribution in [0, 0.1) is 12.3 Å². The van der Waals surface area contributed by atoms with Crippen LogP contribution in [0.5, 0.6) is 0 Å². The number of nitrogens with one attached hydrogen (secondary N) is 1. The number of hydrogen-bond donors (Lipinski definition) is 1. The molecule has 0 unspecified atom stereocenters. The lowest BCUT2D eigenvalue weighted by Crippen LogP contribution is -2.76. The summed E-state index contributed by atoms with van der Waals surface area (Å²) >= 11 is 0. The molecule has 8 nitrogen and oxygen atoms in total. The average Bonchev–Trinajstić information content (AvgIpc) is 2.85. The number of carbonyl (C=O) groups excluding carboxylic acids is 3. The van der Waals surface area contributed by atoms with Gasteiger partial charge in [-0.3, -0.25) is 9.59 Å². The van der Waals surface area contributed by atoms with Crippen LogP contribution >= 0.6 is 0 Å². The molecule has 2 aromatic rings. The lowest BCUT2D eigenvalue weighted by atomic mass is 9.99. The summed E-state index contributed by atoms with van der Waals surface area (Å²) in [6, 6.07) is 18.2. The van der Waals surface area contributed by atoms with Crippen LogP contribution in [0.25, 0.3) is 0 Å². The van der Waals surface area contributed by atoms with Crippen molar-refractivity contribution < 1.29 is 14.4 Å². The highest BCUT2D eigenvalue weighted by Crippen LogP contribution is 2.28. The summed E-state index contributed by atoms with van der Waals surface area (Å²) in [5.74, 6) is 2.23. The number of terminal acetylenes is 1. The van der Waals surface area contributed by atoms with Gasteiger partial charge in [0.2, 0.25) is 11.8 Å². The van der Waals surface area contributed by atoms with Crippen LogP contribution in [-0.2, 0) is 22.6 Å². The second kappa shape index (κ2) is 10.4. The molecule has 0 saturated carbocycles. The SMILES string of the molecule is C#CCN1CC(=O)N2[C@@H](Cc3ccccc3)C(=O)N(CC)C[C@@H]2N1C(=O)NCc1ccccc1. The summed E-state index contributed by atoms with van der Waals surface area (Å²) in [6.45, 7) is 2.99. The fraction of sp³-hybridized carbons (Fsp3) is 0.346. The van der Waals surface area contributed by atoms with Crippen LogP contribution in [0.4, 0.5) is 4.79 Å². The molecule has 2 aliphatic rings. The van der Waals surface area contributed by atoms with Crippen LogP contribution in [0.15, 0.2) is 60.7 Å². The summed E-state index contributed by atoms with van der Waals surface area (Å²) < 4.78 is 0. The maximum Gasteiger partial charge on any atom is 0.334 e. The average molecular weight is 460 g/mol. The summed E-state index contributed by atoms with van der Waals surface area (Å²) in [5, 5.41) is 6.06. The Balaban J connectivity index is 1.64. The number of urea groups is 1. The standard InChI is InChI=1S/C26H29N5O3/c1-3-15-29-19-24(32)30-22(16-20-11-7-5-8-12-20)25(33)28(4-2)18-23(30)31(29)26(34)27-17-21-13-9-6-10-14-21/h1,5-14,22-23H,4,15-19H2,2H3,(H,27,34)/t22-,23-/m0/s1. The minimum absolute atomic E-state index is 0.0653. The Morgan fingerprint density at radius 3 is 2.32 bits per heavy atom. The molecule has 0 aromatic heterocycles. The molecular formula is C26H29N5O3. The predicted molar refractivity (Wildman–Crippen MR) is 128 cm³/mol. The number of amides is 4. The molecule has 2 aliphatic heterocycles. The zero-order valence-corrected chi connectivity index (χ0v) is 19.3. The lowest BCUT2D eigenvalue weighted by molar-refractivity contribution is -0.188. The van der Waals surface area contributed by atoms with E-state index in [4.69, 9.17) is 6.42 Å². The van der Waals surface area contributed by atoms with Gasteiger partial charge < -0.3 is 15.1 Å². The van der Waals surface area contributed by atoms with Crippen molar-refractivity contribution in [2.75, 3.05) is 26.2 Å². The van der Waals surface area contributed by atoms with E-state index < -0.39 is 12.2 Å². The second-order valence-corrected chi connectivity index (χ2v) is 8.38. The van der Waals surface area contributed by atoms with Crippen molar-refractivity contribution in [1.29, 1.82) is 0 Å². The van der Waals surface area contributed by atoms with Crippen LogP contribution < -0.4 is 5.32 Å². The quantitative estimate of drug-likeness (QED) is 0.667. The van der Waals surface area contributed by atoms with Crippen molar-refractivity contribution in [1.82, 2.24) is 25.1 Å². The number of rotatable bonds is 6. The third-order valence-electron chi connectivity index (χ3n) is 6.25. The number of fused-ring (bicyclic) bond motifs is 1. The van der Waals surface area contributed by atoms with E-state index >= 15 is 0 Å². The molecule has 2 aromatic carbocycles. The van der Waals surface area contributed by atoms with Gasteiger partial charge in [-0.05, 0) is 18.1 Å². The summed E-state index contributed by atoms with van der Waals surface area (Å²) in [7, 11) is 0. The number of piperazine rings is 1. The van der Waals surface area contributed by atoms with Gasteiger partial charge in [0.15, 0.2) is 0 Å². The van der Waals surface area contributed by atoms with E-state index in [1.54, 1.807) is 14.8 Å². The maximum atomic E-state index is 13.4. The highest BCUT2D eigenvalue weighted by molar-refractivity contribution is 5.91. The molecule has 0 aliphatic carbocycles. The van der Waals surface area contributed by atoms with Gasteiger partial charge in [-0.2, -0.15) is 5.01 Å². The number of benzene rings is 2. The lowest BCUT2D eigenvalue weighted by Gasteiger charge is -2.54. The first kappa shape index (κ1) is 23.3. The number of hydrogen-bond acceptors (Lipinski definition) is 4. The van der Waals surface area contributed by atoms with E-state index in [1.165, 1.54) is 5.01 Å². The molecule has 176 valence electrons. The van der Waals surface area contributed by atoms with Crippen molar-refractivity contribution in [3.05, 3.63) is 71.8 Å². The minimum atomic E-state index is -0.689. The van der Waals surface area contributed by atoms with Crippen molar-refractivity contribution in [2.24, 2.45) is 0 Å². The van der Waals surface area contributed by atoms with Crippen molar-refractivity contribution >= 4 is 17.8 Å². The maximum absolute atomic E-state index is 13.4. The molecule has 34 heavy (non-hydrogen) atoms. The molecule has 2 heterocycles. The highest BCUT2D eigenvalue weighted by Gasteiger charge is 2.50. The monoisotopic (exact) mass is 459 g/mol. The van der Waals surface area contributed by atoms with Crippen molar-refractivity contribution in [3.63, 3.8) is 0 Å². The van der Waals surface area contributed by atoms with Gasteiger partial charge in [0, 0.05) is 19.5 Å². The van der Waals surface area contributed by atoms with Crippen molar-refractivity contribution in [3.8, 4) is 12.3 Å². The molecule has 0 bridgehead atoms. The second-order valence-electron chi connectivity index (χ2n) is 8.38. The fourth-order valence-electron chi connectivity index (χ4n) is 4.61. The Hall–Kier alpha value is -3.83. The molecule has 8 heteroatoms. The molecule has 0 radical (unpaired) electrons. The highest BCUT2D eigenvalue weighted by atomic mass is 16.2. The summed E-state index contributed by atoms with van der Waals surface area (Å²) in [4.78, 5) is 43.3. The van der Waals surface area contributed by atoms with E-state index in [9.17, 15) is 14.4 Å². The summed E-state index contributed by atoms with van der Waals surface area (Å²) in [6.07, 6.45) is 5.31. The Morgan fingerprint density at radius 1 is 1.06 bits per heavy atom. The van der Waals surface area contributed by atoms with Crippen molar-refractivity contribution in [2.45, 2.75) is 32.1 Å². The molecule has 2 fully saturated rings. The Kier molecular flexibility index (Phi) is 7.14. The Bertz CT molecular complexity index is 1070. The molecule has 4 rings (SSSR count). The normalized spacial score (nSPS) is 20.6. The van der Waals surface area contributed by atoms with E-state index in [2.05, 4.69) is 11.2 Å². The van der Waals surface area contributed by atoms with Gasteiger partial charge in [0.05, 0.1) is 19.6 Å². The number of likely N-dealkylation sites (N-methyl/N-ethyl adjacent to an activating group) is 1. The first-order valence-electron chi connectivity index (χ1n) is 11.5. The van der Waals surface area contributed by atoms with Gasteiger partial charge in [0.1, 0.15) is 12.2 Å². The Labute approximate surface area is 200 Å². The topological polar surface area (TPSA) is 76.2 Å². The van der Waals surface area contributed by atoms with E-state index in [1.807, 2.05) is 67.6 Å². The van der Waals surface area contributed by atoms with Crippen LogP contribution in [0.1, 0.15) is 18.1 Å². The van der Waals surface area contributed by atoms with Crippen LogP contribution in [0.2, 0.25) is 0 Å². The van der Waals surface area contributed by atoms with Crippen LogP contribution in [0.3, 0.4) is 0 Å². The van der Waals surface area contributed by atoms with Gasteiger partial charge in [-0.25, -0.2) is 9.80 Å². The largest absolute Gasteiger partial charge is 0.337 e. The molecule has 2 atom stereocenters. The summed E-state index contributed by atoms with van der Waals surface area (Å²) in [5.41, 5.74) is 1.91. The Morgan fingerprint density at radius 2 is 1.71 bits per heavy atom. The van der Waals surface area contributed by atoms with E-state index in [0.29, 0.717) is 19.5 Å². The van der Waals surface area contributed by atoms with Crippen LogP contribution in [-0.4, -0.2) is 76.0 Å². The van der Waals surface area contributed by atoms with Gasteiger partial charge in [-0.1, -0.05) is 66.6 Å². The number of carbonyl (C=O) groups is 3.